The fourth-order valence-corrected chi connectivity index (χ4v) is 3.43. The van der Waals surface area contributed by atoms with Crippen molar-refractivity contribution >= 4 is 32.6 Å². The standard InChI is InChI=1S/C16H16BrNO/c1-11(18-10-13(17)9-16(18)19)14-8-4-6-12-5-2-3-7-15(12)14/h2-8,11,13H,9-10H2,1H3. The molecule has 0 N–H and O–H groups in total. The zero-order chi connectivity index (χ0) is 13.4. The molecule has 2 aromatic carbocycles. The summed E-state index contributed by atoms with van der Waals surface area (Å²) < 4.78 is 0. The second-order valence-electron chi connectivity index (χ2n) is 5.09. The topological polar surface area (TPSA) is 20.3 Å². The molecule has 98 valence electrons. The Hall–Kier alpha value is -1.35. The summed E-state index contributed by atoms with van der Waals surface area (Å²) in [6, 6.07) is 14.8. The maximum absolute atomic E-state index is 12.0. The van der Waals surface area contributed by atoms with Crippen LogP contribution in [-0.4, -0.2) is 22.2 Å². The van der Waals surface area contributed by atoms with Crippen LogP contribution in [0, 0.1) is 0 Å². The molecule has 19 heavy (non-hydrogen) atoms. The highest BCUT2D eigenvalue weighted by Gasteiger charge is 2.32. The van der Waals surface area contributed by atoms with E-state index in [0.717, 1.165) is 6.54 Å². The second-order valence-corrected chi connectivity index (χ2v) is 6.39. The summed E-state index contributed by atoms with van der Waals surface area (Å²) in [6.07, 6.45) is 0.606. The number of amides is 1. The average Bonchev–Trinajstić information content (AvgIpc) is 2.76. The van der Waals surface area contributed by atoms with Crippen molar-refractivity contribution in [2.24, 2.45) is 0 Å². The molecule has 0 aromatic heterocycles. The molecule has 0 saturated carbocycles. The van der Waals surface area contributed by atoms with Crippen molar-refractivity contribution in [3.63, 3.8) is 0 Å². The van der Waals surface area contributed by atoms with Gasteiger partial charge in [0.2, 0.25) is 5.91 Å². The van der Waals surface area contributed by atoms with Crippen LogP contribution in [0.25, 0.3) is 10.8 Å². The first-order valence-electron chi connectivity index (χ1n) is 6.58. The van der Waals surface area contributed by atoms with Gasteiger partial charge in [0.15, 0.2) is 0 Å². The Morgan fingerprint density at radius 2 is 1.95 bits per heavy atom. The lowest BCUT2D eigenvalue weighted by atomic mass is 9.99. The second kappa shape index (κ2) is 4.97. The number of benzene rings is 2. The highest BCUT2D eigenvalue weighted by Crippen LogP contribution is 2.32. The Morgan fingerprint density at radius 3 is 2.68 bits per heavy atom. The van der Waals surface area contributed by atoms with Crippen molar-refractivity contribution in [1.29, 1.82) is 0 Å². The molecule has 1 aliphatic heterocycles. The molecule has 0 radical (unpaired) electrons. The van der Waals surface area contributed by atoms with Gasteiger partial charge in [-0.05, 0) is 23.3 Å². The van der Waals surface area contributed by atoms with Crippen LogP contribution >= 0.6 is 15.9 Å². The van der Waals surface area contributed by atoms with E-state index in [1.165, 1.54) is 16.3 Å². The molecule has 1 heterocycles. The lowest BCUT2D eigenvalue weighted by Crippen LogP contribution is -2.28. The quantitative estimate of drug-likeness (QED) is 0.769. The van der Waals surface area contributed by atoms with E-state index in [4.69, 9.17) is 0 Å². The average molecular weight is 318 g/mol. The number of hydrogen-bond donors (Lipinski definition) is 0. The number of carbonyl (C=O) groups is 1. The van der Waals surface area contributed by atoms with Gasteiger partial charge in [-0.15, -0.1) is 0 Å². The third-order valence-corrected chi connectivity index (χ3v) is 4.47. The SMILES string of the molecule is CC(c1cccc2ccccc12)N1CC(Br)CC1=O. The summed E-state index contributed by atoms with van der Waals surface area (Å²) in [4.78, 5) is 14.3. The first-order chi connectivity index (χ1) is 9.16. The van der Waals surface area contributed by atoms with E-state index in [1.807, 2.05) is 11.0 Å². The molecule has 2 atom stereocenters. The van der Waals surface area contributed by atoms with Crippen molar-refractivity contribution in [3.05, 3.63) is 48.0 Å². The molecule has 3 rings (SSSR count). The Labute approximate surface area is 121 Å². The summed E-state index contributed by atoms with van der Waals surface area (Å²) >= 11 is 3.55. The van der Waals surface area contributed by atoms with Gasteiger partial charge in [0.1, 0.15) is 0 Å². The molecule has 1 saturated heterocycles. The van der Waals surface area contributed by atoms with E-state index < -0.39 is 0 Å². The van der Waals surface area contributed by atoms with E-state index in [0.29, 0.717) is 6.42 Å². The zero-order valence-electron chi connectivity index (χ0n) is 10.8. The molecule has 0 aliphatic carbocycles. The van der Waals surface area contributed by atoms with Crippen molar-refractivity contribution in [2.75, 3.05) is 6.54 Å². The van der Waals surface area contributed by atoms with Crippen LogP contribution in [0.5, 0.6) is 0 Å². The fraction of sp³-hybridized carbons (Fsp3) is 0.312. The number of carbonyl (C=O) groups excluding carboxylic acids is 1. The van der Waals surface area contributed by atoms with Crippen LogP contribution in [0.2, 0.25) is 0 Å². The molecule has 2 unspecified atom stereocenters. The van der Waals surface area contributed by atoms with Crippen molar-refractivity contribution in [3.8, 4) is 0 Å². The normalized spacial score (nSPS) is 21.1. The maximum atomic E-state index is 12.0. The Kier molecular flexibility index (Phi) is 3.31. The number of nitrogens with zero attached hydrogens (tertiary/aromatic N) is 1. The highest BCUT2D eigenvalue weighted by molar-refractivity contribution is 9.09. The molecule has 0 bridgehead atoms. The fourth-order valence-electron chi connectivity index (χ4n) is 2.84. The minimum absolute atomic E-state index is 0.126. The maximum Gasteiger partial charge on any atom is 0.224 e. The Balaban J connectivity index is 2.02. The zero-order valence-corrected chi connectivity index (χ0v) is 12.4. The molecular formula is C16H16BrNO. The van der Waals surface area contributed by atoms with Crippen molar-refractivity contribution in [1.82, 2.24) is 4.90 Å². The number of alkyl halides is 1. The van der Waals surface area contributed by atoms with E-state index >= 15 is 0 Å². The van der Waals surface area contributed by atoms with Crippen LogP contribution in [-0.2, 0) is 4.79 Å². The summed E-state index contributed by atoms with van der Waals surface area (Å²) in [6.45, 7) is 2.91. The predicted molar refractivity (Wildman–Crippen MR) is 81.4 cm³/mol. The lowest BCUT2D eigenvalue weighted by Gasteiger charge is -2.26. The van der Waals surface area contributed by atoms with Gasteiger partial charge in [-0.1, -0.05) is 58.4 Å². The molecule has 0 spiro atoms. The van der Waals surface area contributed by atoms with E-state index in [2.05, 4.69) is 59.3 Å². The van der Waals surface area contributed by atoms with Gasteiger partial charge >= 0.3 is 0 Å². The van der Waals surface area contributed by atoms with Crippen molar-refractivity contribution < 1.29 is 4.79 Å². The first-order valence-corrected chi connectivity index (χ1v) is 7.49. The molecular weight excluding hydrogens is 302 g/mol. The summed E-state index contributed by atoms with van der Waals surface area (Å²) in [5, 5.41) is 2.47. The summed E-state index contributed by atoms with van der Waals surface area (Å²) in [7, 11) is 0. The lowest BCUT2D eigenvalue weighted by molar-refractivity contribution is -0.129. The minimum atomic E-state index is 0.126. The van der Waals surface area contributed by atoms with Crippen LogP contribution in [0.3, 0.4) is 0 Å². The number of rotatable bonds is 2. The van der Waals surface area contributed by atoms with Gasteiger partial charge in [0, 0.05) is 17.8 Å². The molecule has 2 nitrogen and oxygen atoms in total. The molecule has 1 fully saturated rings. The van der Waals surface area contributed by atoms with Crippen LogP contribution in [0.15, 0.2) is 42.5 Å². The van der Waals surface area contributed by atoms with Gasteiger partial charge in [-0.2, -0.15) is 0 Å². The van der Waals surface area contributed by atoms with E-state index in [9.17, 15) is 4.79 Å². The molecule has 3 heteroatoms. The highest BCUT2D eigenvalue weighted by atomic mass is 79.9. The van der Waals surface area contributed by atoms with Crippen LogP contribution < -0.4 is 0 Å². The summed E-state index contributed by atoms with van der Waals surface area (Å²) in [5.41, 5.74) is 1.23. The Bertz CT molecular complexity index is 620. The van der Waals surface area contributed by atoms with Crippen molar-refractivity contribution in [2.45, 2.75) is 24.2 Å². The number of halogens is 1. The minimum Gasteiger partial charge on any atom is -0.335 e. The van der Waals surface area contributed by atoms with E-state index in [-0.39, 0.29) is 16.8 Å². The largest absolute Gasteiger partial charge is 0.335 e. The van der Waals surface area contributed by atoms with Gasteiger partial charge in [0.05, 0.1) is 6.04 Å². The molecule has 1 aliphatic rings. The third kappa shape index (κ3) is 2.27. The molecule has 1 amide bonds. The van der Waals surface area contributed by atoms with Gasteiger partial charge in [0.25, 0.3) is 0 Å². The monoisotopic (exact) mass is 317 g/mol. The third-order valence-electron chi connectivity index (χ3n) is 3.85. The molecule has 2 aromatic rings. The smallest absolute Gasteiger partial charge is 0.224 e. The van der Waals surface area contributed by atoms with Crippen LogP contribution in [0.4, 0.5) is 0 Å². The van der Waals surface area contributed by atoms with Crippen LogP contribution in [0.1, 0.15) is 24.9 Å². The number of fused-ring (bicyclic) bond motifs is 1. The number of likely N-dealkylation sites (tertiary alicyclic amines) is 1. The van der Waals surface area contributed by atoms with Gasteiger partial charge in [-0.25, -0.2) is 0 Å². The first kappa shape index (κ1) is 12.7. The van der Waals surface area contributed by atoms with Gasteiger partial charge < -0.3 is 4.90 Å². The predicted octanol–water partition coefficient (Wildman–Crippen LogP) is 3.90. The summed E-state index contributed by atoms with van der Waals surface area (Å²) in [5.74, 6) is 0.238. The van der Waals surface area contributed by atoms with Gasteiger partial charge in [-0.3, -0.25) is 4.79 Å². The number of hydrogen-bond acceptors (Lipinski definition) is 1. The van der Waals surface area contributed by atoms with E-state index in [1.54, 1.807) is 0 Å². The Morgan fingerprint density at radius 1 is 1.21 bits per heavy atom.